The number of hydrogen-bond acceptors (Lipinski definition) is 4. The highest BCUT2D eigenvalue weighted by Gasteiger charge is 1.99. The lowest BCUT2D eigenvalue weighted by Crippen LogP contribution is -1.92. The van der Waals surface area contributed by atoms with Crippen molar-refractivity contribution in [2.75, 3.05) is 5.73 Å². The molecule has 0 atom stereocenters. The first-order chi connectivity index (χ1) is 6.84. The Kier molecular flexibility index (Phi) is 2.44. The van der Waals surface area contributed by atoms with Crippen LogP contribution in [0.3, 0.4) is 0 Å². The van der Waals surface area contributed by atoms with Crippen molar-refractivity contribution in [3.8, 4) is 0 Å². The Bertz CT molecular complexity index is 380. The third-order valence-corrected chi connectivity index (χ3v) is 2.01. The minimum Gasteiger partial charge on any atom is -0.428 e. The summed E-state index contributed by atoms with van der Waals surface area (Å²) in [5, 5.41) is 7.42. The highest BCUT2D eigenvalue weighted by Crippen LogP contribution is 2.08. The Hall–Kier alpha value is -1.84. The zero-order valence-electron chi connectivity index (χ0n) is 7.68. The topological polar surface area (TPSA) is 64.9 Å². The van der Waals surface area contributed by atoms with E-state index >= 15 is 0 Å². The molecule has 0 aliphatic heterocycles. The van der Waals surface area contributed by atoms with Crippen molar-refractivity contribution in [2.24, 2.45) is 0 Å². The molecule has 0 fully saturated rings. The molecule has 0 bridgehead atoms. The fourth-order valence-electron chi connectivity index (χ4n) is 1.24. The highest BCUT2D eigenvalue weighted by molar-refractivity contribution is 5.39. The van der Waals surface area contributed by atoms with Crippen molar-refractivity contribution in [1.29, 1.82) is 0 Å². The van der Waals surface area contributed by atoms with E-state index in [9.17, 15) is 0 Å². The zero-order valence-corrected chi connectivity index (χ0v) is 7.68. The van der Waals surface area contributed by atoms with E-state index in [4.69, 9.17) is 10.2 Å². The Morgan fingerprint density at radius 2 is 1.93 bits per heavy atom. The molecule has 0 saturated heterocycles. The molecule has 1 aromatic heterocycles. The van der Waals surface area contributed by atoms with Crippen LogP contribution in [0.1, 0.15) is 11.5 Å². The number of rotatable bonds is 3. The normalized spacial score (nSPS) is 10.3. The minimum atomic E-state index is 0.668. The van der Waals surface area contributed by atoms with Crippen LogP contribution in [0.25, 0.3) is 0 Å². The van der Waals surface area contributed by atoms with E-state index in [1.165, 1.54) is 12.0 Å². The number of nitrogen functional groups attached to an aromatic ring is 1. The van der Waals surface area contributed by atoms with E-state index in [-0.39, 0.29) is 0 Å². The minimum absolute atomic E-state index is 0.668. The number of hydrogen-bond donors (Lipinski definition) is 1. The lowest BCUT2D eigenvalue weighted by atomic mass is 10.1. The van der Waals surface area contributed by atoms with Gasteiger partial charge >= 0.3 is 0 Å². The summed E-state index contributed by atoms with van der Waals surface area (Å²) in [4.78, 5) is 0. The van der Waals surface area contributed by atoms with Crippen LogP contribution in [0.4, 0.5) is 5.69 Å². The number of benzene rings is 1. The van der Waals surface area contributed by atoms with Gasteiger partial charge in [0.05, 0.1) is 0 Å². The van der Waals surface area contributed by atoms with Crippen LogP contribution in [-0.4, -0.2) is 10.2 Å². The van der Waals surface area contributed by atoms with Crippen LogP contribution in [0, 0.1) is 0 Å². The molecule has 2 rings (SSSR count). The monoisotopic (exact) mass is 189 g/mol. The van der Waals surface area contributed by atoms with Crippen molar-refractivity contribution in [3.05, 3.63) is 42.1 Å². The molecule has 1 heterocycles. The quantitative estimate of drug-likeness (QED) is 0.742. The van der Waals surface area contributed by atoms with Crippen LogP contribution in [0.5, 0.6) is 0 Å². The summed E-state index contributed by atoms with van der Waals surface area (Å²) in [6.07, 6.45) is 3.00. The third-order valence-electron chi connectivity index (χ3n) is 2.01. The zero-order chi connectivity index (χ0) is 9.80. The summed E-state index contributed by atoms with van der Waals surface area (Å²) in [5.41, 5.74) is 7.58. The molecule has 0 radical (unpaired) electrons. The molecule has 4 nitrogen and oxygen atoms in total. The smallest absolute Gasteiger partial charge is 0.216 e. The first-order valence-electron chi connectivity index (χ1n) is 4.44. The molecule has 72 valence electrons. The van der Waals surface area contributed by atoms with Gasteiger partial charge in [-0.3, -0.25) is 0 Å². The summed E-state index contributed by atoms with van der Waals surface area (Å²) < 4.78 is 5.03. The van der Waals surface area contributed by atoms with Crippen molar-refractivity contribution in [1.82, 2.24) is 10.2 Å². The molecule has 2 N–H and O–H groups in total. The van der Waals surface area contributed by atoms with Crippen molar-refractivity contribution < 1.29 is 4.42 Å². The SMILES string of the molecule is Nc1ccc(CCc2nnco2)cc1. The molecule has 0 aliphatic carbocycles. The molecule has 4 heteroatoms. The summed E-state index contributed by atoms with van der Waals surface area (Å²) in [7, 11) is 0. The van der Waals surface area contributed by atoms with Crippen LogP contribution in [0.15, 0.2) is 35.1 Å². The fraction of sp³-hybridized carbons (Fsp3) is 0.200. The standard InChI is InChI=1S/C10H11N3O/c11-9-4-1-8(2-5-9)3-6-10-13-12-7-14-10/h1-2,4-5,7H,3,6,11H2. The Morgan fingerprint density at radius 1 is 1.14 bits per heavy atom. The maximum atomic E-state index is 5.58. The van der Waals surface area contributed by atoms with Crippen LogP contribution < -0.4 is 5.73 Å². The summed E-state index contributed by atoms with van der Waals surface area (Å²) >= 11 is 0. The molecule has 14 heavy (non-hydrogen) atoms. The lowest BCUT2D eigenvalue weighted by Gasteiger charge is -1.98. The molecule has 0 aliphatic rings. The largest absolute Gasteiger partial charge is 0.428 e. The molecule has 0 spiro atoms. The summed E-state index contributed by atoms with van der Waals surface area (Å²) in [6, 6.07) is 7.80. The van der Waals surface area contributed by atoms with Crippen LogP contribution in [0.2, 0.25) is 0 Å². The van der Waals surface area contributed by atoms with Gasteiger partial charge in [0.2, 0.25) is 12.3 Å². The molecule has 0 amide bonds. The van der Waals surface area contributed by atoms with Crippen molar-refractivity contribution in [2.45, 2.75) is 12.8 Å². The highest BCUT2D eigenvalue weighted by atomic mass is 16.4. The number of anilines is 1. The fourth-order valence-corrected chi connectivity index (χ4v) is 1.24. The number of nitrogens with two attached hydrogens (primary N) is 1. The maximum absolute atomic E-state index is 5.58. The van der Waals surface area contributed by atoms with Gasteiger partial charge in [-0.05, 0) is 24.1 Å². The summed E-state index contributed by atoms with van der Waals surface area (Å²) in [5.74, 6) is 0.668. The second-order valence-electron chi connectivity index (χ2n) is 3.07. The Morgan fingerprint density at radius 3 is 2.57 bits per heavy atom. The van der Waals surface area contributed by atoms with Gasteiger partial charge < -0.3 is 10.2 Å². The van der Waals surface area contributed by atoms with E-state index in [2.05, 4.69) is 10.2 Å². The first-order valence-corrected chi connectivity index (χ1v) is 4.44. The average Bonchev–Trinajstić information content (AvgIpc) is 2.70. The molecular weight excluding hydrogens is 178 g/mol. The van der Waals surface area contributed by atoms with Crippen molar-refractivity contribution >= 4 is 5.69 Å². The van der Waals surface area contributed by atoms with E-state index < -0.39 is 0 Å². The average molecular weight is 189 g/mol. The number of aryl methyl sites for hydroxylation is 2. The predicted octanol–water partition coefficient (Wildman–Crippen LogP) is 1.44. The maximum Gasteiger partial charge on any atom is 0.216 e. The Balaban J connectivity index is 1.95. The van der Waals surface area contributed by atoms with Gasteiger partial charge in [0.15, 0.2) is 0 Å². The van der Waals surface area contributed by atoms with Crippen LogP contribution >= 0.6 is 0 Å². The number of nitrogens with zero attached hydrogens (tertiary/aromatic N) is 2. The van der Waals surface area contributed by atoms with Gasteiger partial charge in [0.25, 0.3) is 0 Å². The second kappa shape index (κ2) is 3.91. The van der Waals surface area contributed by atoms with Crippen molar-refractivity contribution in [3.63, 3.8) is 0 Å². The predicted molar refractivity (Wildman–Crippen MR) is 52.6 cm³/mol. The van der Waals surface area contributed by atoms with E-state index in [1.807, 2.05) is 24.3 Å². The summed E-state index contributed by atoms with van der Waals surface area (Å²) in [6.45, 7) is 0. The molecule has 0 saturated carbocycles. The van der Waals surface area contributed by atoms with E-state index in [0.717, 1.165) is 18.5 Å². The van der Waals surface area contributed by atoms with Gasteiger partial charge in [-0.2, -0.15) is 0 Å². The van der Waals surface area contributed by atoms with Gasteiger partial charge in [0.1, 0.15) is 0 Å². The van der Waals surface area contributed by atoms with Gasteiger partial charge in [-0.25, -0.2) is 0 Å². The van der Waals surface area contributed by atoms with E-state index in [0.29, 0.717) is 5.89 Å². The molecule has 0 unspecified atom stereocenters. The first kappa shape index (κ1) is 8.74. The van der Waals surface area contributed by atoms with Crippen LogP contribution in [-0.2, 0) is 12.8 Å². The van der Waals surface area contributed by atoms with Gasteiger partial charge in [0, 0.05) is 12.1 Å². The van der Waals surface area contributed by atoms with Gasteiger partial charge in [-0.15, -0.1) is 10.2 Å². The molecular formula is C10H11N3O. The van der Waals surface area contributed by atoms with E-state index in [1.54, 1.807) is 0 Å². The molecule has 1 aromatic carbocycles. The number of aromatic nitrogens is 2. The molecule has 2 aromatic rings. The Labute approximate surface area is 81.8 Å². The third kappa shape index (κ3) is 2.10. The van der Waals surface area contributed by atoms with Gasteiger partial charge in [-0.1, -0.05) is 12.1 Å². The second-order valence-corrected chi connectivity index (χ2v) is 3.07. The lowest BCUT2D eigenvalue weighted by molar-refractivity contribution is 0.492.